The Kier molecular flexibility index (Phi) is 11.4. The van der Waals surface area contributed by atoms with Crippen molar-refractivity contribution in [3.05, 3.63) is 105 Å². The van der Waals surface area contributed by atoms with E-state index in [1.54, 1.807) is 18.3 Å². The molecule has 8 heteroatoms. The van der Waals surface area contributed by atoms with Gasteiger partial charge in [0.15, 0.2) is 0 Å². The molecule has 6 rings (SSSR count). The molecule has 1 aliphatic heterocycles. The third-order valence-electron chi connectivity index (χ3n) is 12.5. The third kappa shape index (κ3) is 8.71. The molecule has 320 valence electrons. The molecule has 1 amide bonds. The first-order valence-corrected chi connectivity index (χ1v) is 21.4. The number of aromatic hydroxyl groups is 2. The van der Waals surface area contributed by atoms with Crippen LogP contribution in [0.3, 0.4) is 0 Å². The van der Waals surface area contributed by atoms with Crippen molar-refractivity contribution in [2.45, 2.75) is 162 Å². The molecular formula is C52H66N2O6. The van der Waals surface area contributed by atoms with Gasteiger partial charge in [0.2, 0.25) is 0 Å². The largest absolute Gasteiger partial charge is 0.507 e. The van der Waals surface area contributed by atoms with Gasteiger partial charge in [-0.2, -0.15) is 0 Å². The summed E-state index contributed by atoms with van der Waals surface area (Å²) in [7, 11) is 0. The Balaban J connectivity index is 1.39. The highest BCUT2D eigenvalue weighted by atomic mass is 16.5. The van der Waals surface area contributed by atoms with Crippen LogP contribution in [-0.4, -0.2) is 45.5 Å². The molecule has 0 bridgehead atoms. The fraction of sp³-hybridized carbons (Fsp3) is 0.481. The second-order valence-corrected chi connectivity index (χ2v) is 21.7. The van der Waals surface area contributed by atoms with Crippen LogP contribution in [0.25, 0.3) is 11.1 Å². The minimum Gasteiger partial charge on any atom is -0.507 e. The van der Waals surface area contributed by atoms with E-state index in [1.807, 2.05) is 45.0 Å². The molecule has 0 radical (unpaired) electrons. The van der Waals surface area contributed by atoms with Gasteiger partial charge in [-0.3, -0.25) is 9.79 Å². The number of amides is 1. The molecule has 0 unspecified atom stereocenters. The summed E-state index contributed by atoms with van der Waals surface area (Å²) in [6, 6.07) is 16.9. The minimum atomic E-state index is -1.05. The monoisotopic (exact) mass is 814 g/mol. The first-order chi connectivity index (χ1) is 27.6. The van der Waals surface area contributed by atoms with Crippen molar-refractivity contribution in [3.8, 4) is 34.1 Å². The predicted octanol–water partition coefficient (Wildman–Crippen LogP) is 12.2. The van der Waals surface area contributed by atoms with Crippen LogP contribution in [-0.2, 0) is 27.1 Å². The number of phenols is 2. The van der Waals surface area contributed by atoms with Crippen molar-refractivity contribution >= 4 is 18.1 Å². The summed E-state index contributed by atoms with van der Waals surface area (Å²) in [5.41, 5.74) is 6.31. The van der Waals surface area contributed by atoms with Gasteiger partial charge in [-0.25, -0.2) is 4.79 Å². The number of fused-ring (bicyclic) bond motifs is 2. The van der Waals surface area contributed by atoms with Crippen molar-refractivity contribution in [2.75, 3.05) is 0 Å². The molecular weight excluding hydrogens is 749 g/mol. The molecule has 1 fully saturated rings. The number of benzene rings is 4. The van der Waals surface area contributed by atoms with Crippen molar-refractivity contribution < 1.29 is 29.6 Å². The summed E-state index contributed by atoms with van der Waals surface area (Å²) in [5, 5.41) is 36.4. The normalized spacial score (nSPS) is 18.1. The predicted molar refractivity (Wildman–Crippen MR) is 243 cm³/mol. The lowest BCUT2D eigenvalue weighted by molar-refractivity contribution is 0.0693. The van der Waals surface area contributed by atoms with E-state index in [9.17, 15) is 24.9 Å². The minimum absolute atomic E-state index is 0.00742. The Bertz CT molecular complexity index is 2380. The first-order valence-electron chi connectivity index (χ1n) is 21.4. The van der Waals surface area contributed by atoms with Gasteiger partial charge in [0.05, 0.1) is 17.6 Å². The van der Waals surface area contributed by atoms with E-state index < -0.39 is 11.4 Å². The molecule has 60 heavy (non-hydrogen) atoms. The summed E-state index contributed by atoms with van der Waals surface area (Å²) in [4.78, 5) is 31.8. The number of carbonyl (C=O) groups is 2. The maximum absolute atomic E-state index is 14.0. The number of phenolic OH excluding ortho intramolecular Hbond substituents is 2. The molecule has 8 nitrogen and oxygen atoms in total. The van der Waals surface area contributed by atoms with E-state index in [2.05, 4.69) is 99.7 Å². The fourth-order valence-electron chi connectivity index (χ4n) is 8.41. The number of ether oxygens (including phenoxy) is 1. The average Bonchev–Trinajstić information content (AvgIpc) is 3.12. The van der Waals surface area contributed by atoms with Gasteiger partial charge in [0.25, 0.3) is 5.91 Å². The molecule has 1 heterocycles. The summed E-state index contributed by atoms with van der Waals surface area (Å²) in [5.74, 6) is -0.370. The number of hydrogen-bond acceptors (Lipinski definition) is 6. The number of nitrogens with zero attached hydrogens (tertiary/aromatic N) is 1. The highest BCUT2D eigenvalue weighted by Crippen LogP contribution is 2.54. The molecule has 1 saturated carbocycles. The highest BCUT2D eigenvalue weighted by Gasteiger charge is 2.40. The van der Waals surface area contributed by atoms with Crippen LogP contribution < -0.4 is 10.1 Å². The topological polar surface area (TPSA) is 128 Å². The first kappa shape index (κ1) is 44.4. The molecule has 0 spiro atoms. The lowest BCUT2D eigenvalue weighted by Gasteiger charge is -2.38. The number of aromatic carboxylic acids is 1. The van der Waals surface area contributed by atoms with Crippen molar-refractivity contribution in [3.63, 3.8) is 0 Å². The van der Waals surface area contributed by atoms with Gasteiger partial charge in [0, 0.05) is 39.4 Å². The summed E-state index contributed by atoms with van der Waals surface area (Å²) < 4.78 is 6.76. The standard InChI is InChI=1S/C52H66N2O6/c1-48(2,3)31-22-34(44-38(26-31)52(13,14)39-27-33(50(7,8)9)24-36(47(58)59)45(39)60-44)29-19-20-42(55)30(21-29)28-53-40-17-15-16-18-41(40)54-46(57)35-23-32(49(4,5)6)25-37(43(35)56)51(10,11)12/h19-28,40-41,55-56H,15-18H2,1-14H3,(H,54,57)(H,58,59)/t40-,41-/m0/s1. The van der Waals surface area contributed by atoms with E-state index in [0.717, 1.165) is 70.2 Å². The SMILES string of the molecule is CC(C)(C)c1cc(C(=O)N[C@H]2CCCC[C@@H]2N=Cc2cc(-c3cc(C(C)(C)C)cc4c3Oc3c(C(=O)O)cc(C(C)(C)C)cc3C4(C)C)ccc2O)c(O)c(C(C)(C)C)c1. The Morgan fingerprint density at radius 2 is 1.27 bits per heavy atom. The third-order valence-corrected chi connectivity index (χ3v) is 12.5. The van der Waals surface area contributed by atoms with Gasteiger partial charge in [0.1, 0.15) is 28.6 Å². The number of carboxylic acids is 1. The maximum atomic E-state index is 14.0. The van der Waals surface area contributed by atoms with Crippen LogP contribution in [0.2, 0.25) is 0 Å². The van der Waals surface area contributed by atoms with Crippen LogP contribution in [0.4, 0.5) is 0 Å². The molecule has 0 saturated heterocycles. The molecule has 4 aromatic rings. The molecule has 1 aliphatic carbocycles. The summed E-state index contributed by atoms with van der Waals surface area (Å²) in [6.07, 6.45) is 5.08. The van der Waals surface area contributed by atoms with Gasteiger partial charge < -0.3 is 25.4 Å². The van der Waals surface area contributed by atoms with Gasteiger partial charge in [-0.15, -0.1) is 0 Å². The van der Waals surface area contributed by atoms with Gasteiger partial charge >= 0.3 is 5.97 Å². The van der Waals surface area contributed by atoms with E-state index in [1.165, 1.54) is 0 Å². The van der Waals surface area contributed by atoms with Crippen LogP contribution in [0, 0.1) is 0 Å². The quantitative estimate of drug-likeness (QED) is 0.144. The summed E-state index contributed by atoms with van der Waals surface area (Å²) >= 11 is 0. The van der Waals surface area contributed by atoms with E-state index in [4.69, 9.17) is 9.73 Å². The van der Waals surface area contributed by atoms with Gasteiger partial charge in [-0.05, 0) is 87.1 Å². The van der Waals surface area contributed by atoms with Crippen LogP contribution in [0.1, 0.15) is 182 Å². The second-order valence-electron chi connectivity index (χ2n) is 21.7. The number of carboxylic acid groups (broad SMARTS) is 1. The van der Waals surface area contributed by atoms with E-state index in [0.29, 0.717) is 17.1 Å². The van der Waals surface area contributed by atoms with Crippen molar-refractivity contribution in [2.24, 2.45) is 4.99 Å². The van der Waals surface area contributed by atoms with Crippen LogP contribution >= 0.6 is 0 Å². The highest BCUT2D eigenvalue weighted by molar-refractivity contribution is 5.98. The van der Waals surface area contributed by atoms with Crippen LogP contribution in [0.5, 0.6) is 23.0 Å². The number of rotatable bonds is 6. The lowest BCUT2D eigenvalue weighted by Crippen LogP contribution is -2.44. The number of aliphatic imine (C=N–C) groups is 1. The molecule has 4 aromatic carbocycles. The zero-order valence-corrected chi connectivity index (χ0v) is 38.3. The van der Waals surface area contributed by atoms with Gasteiger partial charge in [-0.1, -0.05) is 134 Å². The maximum Gasteiger partial charge on any atom is 0.339 e. The Morgan fingerprint density at radius 1 is 0.717 bits per heavy atom. The number of nitrogens with one attached hydrogen (secondary N) is 1. The Morgan fingerprint density at radius 3 is 1.85 bits per heavy atom. The number of hydrogen-bond donors (Lipinski definition) is 4. The molecule has 0 aromatic heterocycles. The molecule has 2 aliphatic rings. The fourth-order valence-corrected chi connectivity index (χ4v) is 8.41. The van der Waals surface area contributed by atoms with E-state index in [-0.39, 0.29) is 62.3 Å². The molecule has 2 atom stereocenters. The number of carbonyl (C=O) groups excluding carboxylic acids is 1. The van der Waals surface area contributed by atoms with Crippen LogP contribution in [0.15, 0.2) is 59.6 Å². The zero-order chi connectivity index (χ0) is 44.5. The van der Waals surface area contributed by atoms with E-state index >= 15 is 0 Å². The summed E-state index contributed by atoms with van der Waals surface area (Å²) in [6.45, 7) is 29.4. The Labute approximate surface area is 357 Å². The lowest BCUT2D eigenvalue weighted by atomic mass is 9.70. The van der Waals surface area contributed by atoms with Crippen molar-refractivity contribution in [1.29, 1.82) is 0 Å². The smallest absolute Gasteiger partial charge is 0.339 e. The zero-order valence-electron chi connectivity index (χ0n) is 38.3. The Hall–Kier alpha value is -5.11. The average molecular weight is 815 g/mol. The second kappa shape index (κ2) is 15.4. The molecule has 4 N–H and O–H groups in total. The van der Waals surface area contributed by atoms with Crippen molar-refractivity contribution in [1.82, 2.24) is 5.32 Å².